The summed E-state index contributed by atoms with van der Waals surface area (Å²) in [6.45, 7) is 0. The summed E-state index contributed by atoms with van der Waals surface area (Å²) < 4.78 is 12.6. The zero-order valence-electron chi connectivity index (χ0n) is 5.75. The Bertz CT molecular complexity index is 343. The lowest BCUT2D eigenvalue weighted by Gasteiger charge is -1.98. The molecule has 0 spiro atoms. The molecular weight excluding hydrogens is 231 g/mol. The van der Waals surface area contributed by atoms with E-state index in [1.165, 1.54) is 0 Å². The molecule has 1 aromatic carbocycles. The molecule has 2 N–H and O–H groups in total. The highest BCUT2D eigenvalue weighted by Gasteiger charge is 2.16. The molecular formula is C6H4BrFN2O2. The first-order valence-corrected chi connectivity index (χ1v) is 3.70. The van der Waals surface area contributed by atoms with Gasteiger partial charge in [0.05, 0.1) is 4.92 Å². The van der Waals surface area contributed by atoms with E-state index >= 15 is 0 Å². The second kappa shape index (κ2) is 3.06. The topological polar surface area (TPSA) is 69.2 Å². The van der Waals surface area contributed by atoms with Crippen LogP contribution in [0.25, 0.3) is 0 Å². The number of hydrogen-bond donors (Lipinski definition) is 1. The lowest BCUT2D eigenvalue weighted by molar-refractivity contribution is -0.385. The van der Waals surface area contributed by atoms with Gasteiger partial charge in [-0.2, -0.15) is 0 Å². The van der Waals surface area contributed by atoms with Crippen molar-refractivity contribution in [3.05, 3.63) is 32.5 Å². The number of nitrogens with two attached hydrogens (primary N) is 1. The molecule has 0 aromatic heterocycles. The van der Waals surface area contributed by atoms with E-state index in [2.05, 4.69) is 15.9 Å². The van der Waals surface area contributed by atoms with Gasteiger partial charge in [-0.15, -0.1) is 0 Å². The van der Waals surface area contributed by atoms with Crippen LogP contribution in [0.3, 0.4) is 0 Å². The Morgan fingerprint density at radius 1 is 1.58 bits per heavy atom. The molecule has 6 heteroatoms. The minimum atomic E-state index is -0.735. The molecule has 0 fully saturated rings. The second-order valence-corrected chi connectivity index (χ2v) is 2.89. The monoisotopic (exact) mass is 234 g/mol. The van der Waals surface area contributed by atoms with E-state index in [4.69, 9.17) is 5.73 Å². The number of nitrogen functional groups attached to an aromatic ring is 1. The quantitative estimate of drug-likeness (QED) is 0.460. The van der Waals surface area contributed by atoms with E-state index in [9.17, 15) is 14.5 Å². The first-order chi connectivity index (χ1) is 5.52. The molecule has 0 amide bonds. The van der Waals surface area contributed by atoms with Gasteiger partial charge in [0.2, 0.25) is 0 Å². The fraction of sp³-hybridized carbons (Fsp3) is 0. The highest BCUT2D eigenvalue weighted by atomic mass is 79.9. The van der Waals surface area contributed by atoms with Gasteiger partial charge in [-0.05, 0) is 22.0 Å². The van der Waals surface area contributed by atoms with Crippen molar-refractivity contribution >= 4 is 27.3 Å². The van der Waals surface area contributed by atoms with Gasteiger partial charge in [0, 0.05) is 11.8 Å². The maximum Gasteiger partial charge on any atom is 0.288 e. The van der Waals surface area contributed by atoms with Gasteiger partial charge in [0.25, 0.3) is 5.69 Å². The number of rotatable bonds is 1. The highest BCUT2D eigenvalue weighted by Crippen LogP contribution is 2.29. The van der Waals surface area contributed by atoms with Crippen molar-refractivity contribution < 1.29 is 9.31 Å². The van der Waals surface area contributed by atoms with E-state index in [0.717, 1.165) is 12.1 Å². The summed E-state index contributed by atoms with van der Waals surface area (Å²) in [5, 5.41) is 10.3. The lowest BCUT2D eigenvalue weighted by atomic mass is 10.3. The van der Waals surface area contributed by atoms with Crippen LogP contribution in [0, 0.1) is 15.9 Å². The molecule has 64 valence electrons. The fourth-order valence-electron chi connectivity index (χ4n) is 0.728. The molecule has 0 aliphatic carbocycles. The minimum Gasteiger partial charge on any atom is -0.398 e. The summed E-state index contributed by atoms with van der Waals surface area (Å²) >= 11 is 2.74. The number of nitrogens with zero attached hydrogens (tertiary/aromatic N) is 1. The SMILES string of the molecule is Nc1cc(F)c(Br)c([N+](=O)[O-])c1. The van der Waals surface area contributed by atoms with Crippen molar-refractivity contribution in [3.8, 4) is 0 Å². The van der Waals surface area contributed by atoms with Gasteiger partial charge < -0.3 is 5.73 Å². The molecule has 0 atom stereocenters. The number of hydrogen-bond acceptors (Lipinski definition) is 3. The number of nitro benzene ring substituents is 1. The van der Waals surface area contributed by atoms with E-state index in [0.29, 0.717) is 0 Å². The summed E-state index contributed by atoms with van der Waals surface area (Å²) in [4.78, 5) is 9.57. The Morgan fingerprint density at radius 3 is 2.67 bits per heavy atom. The van der Waals surface area contributed by atoms with E-state index in [1.54, 1.807) is 0 Å². The third kappa shape index (κ3) is 1.53. The van der Waals surface area contributed by atoms with Crippen LogP contribution in [0.2, 0.25) is 0 Å². The Labute approximate surface area is 75.5 Å². The molecule has 0 aliphatic rings. The largest absolute Gasteiger partial charge is 0.398 e. The molecule has 12 heavy (non-hydrogen) atoms. The Hall–Kier alpha value is -1.17. The van der Waals surface area contributed by atoms with Crippen LogP contribution in [-0.4, -0.2) is 4.92 Å². The van der Waals surface area contributed by atoms with Crippen LogP contribution in [0.1, 0.15) is 0 Å². The summed E-state index contributed by atoms with van der Waals surface area (Å²) in [6, 6.07) is 2.10. The second-order valence-electron chi connectivity index (χ2n) is 2.09. The molecule has 0 saturated heterocycles. The molecule has 4 nitrogen and oxygen atoms in total. The molecule has 0 heterocycles. The standard InChI is InChI=1S/C6H4BrFN2O2/c7-6-4(8)1-3(9)2-5(6)10(11)12/h1-2H,9H2. The number of halogens is 2. The van der Waals surface area contributed by atoms with Gasteiger partial charge in [-0.1, -0.05) is 0 Å². The predicted octanol–water partition coefficient (Wildman–Crippen LogP) is 2.08. The number of benzene rings is 1. The zero-order valence-corrected chi connectivity index (χ0v) is 7.34. The van der Waals surface area contributed by atoms with E-state index < -0.39 is 10.7 Å². The lowest BCUT2D eigenvalue weighted by Crippen LogP contribution is -1.94. The third-order valence-corrected chi connectivity index (χ3v) is 2.01. The van der Waals surface area contributed by atoms with Crippen LogP contribution >= 0.6 is 15.9 Å². The first-order valence-electron chi connectivity index (χ1n) is 2.91. The Balaban J connectivity index is 3.37. The summed E-state index contributed by atoms with van der Waals surface area (Å²) in [6.07, 6.45) is 0. The molecule has 1 rings (SSSR count). The molecule has 1 aromatic rings. The molecule has 0 radical (unpaired) electrons. The zero-order chi connectivity index (χ0) is 9.30. The van der Waals surface area contributed by atoms with Crippen LogP contribution in [0.4, 0.5) is 15.8 Å². The Morgan fingerprint density at radius 2 is 2.17 bits per heavy atom. The van der Waals surface area contributed by atoms with E-state index in [1.807, 2.05) is 0 Å². The van der Waals surface area contributed by atoms with Gasteiger partial charge in [0.15, 0.2) is 0 Å². The Kier molecular flexibility index (Phi) is 2.27. The molecule has 0 unspecified atom stereocenters. The maximum atomic E-state index is 12.8. The maximum absolute atomic E-state index is 12.8. The minimum absolute atomic E-state index is 0.0300. The molecule has 0 bridgehead atoms. The van der Waals surface area contributed by atoms with Crippen molar-refractivity contribution in [1.29, 1.82) is 0 Å². The average Bonchev–Trinajstić information content (AvgIpc) is 1.96. The van der Waals surface area contributed by atoms with Crippen molar-refractivity contribution in [2.45, 2.75) is 0 Å². The van der Waals surface area contributed by atoms with Gasteiger partial charge in [-0.3, -0.25) is 10.1 Å². The normalized spacial score (nSPS) is 9.83. The first kappa shape index (κ1) is 8.92. The van der Waals surface area contributed by atoms with Crippen LogP contribution < -0.4 is 5.73 Å². The van der Waals surface area contributed by atoms with Crippen molar-refractivity contribution in [3.63, 3.8) is 0 Å². The van der Waals surface area contributed by atoms with Gasteiger partial charge in [-0.25, -0.2) is 4.39 Å². The number of nitro groups is 1. The van der Waals surface area contributed by atoms with Crippen LogP contribution in [0.5, 0.6) is 0 Å². The van der Waals surface area contributed by atoms with Crippen molar-refractivity contribution in [2.24, 2.45) is 0 Å². The van der Waals surface area contributed by atoms with Crippen LogP contribution in [-0.2, 0) is 0 Å². The summed E-state index contributed by atoms with van der Waals surface area (Å²) in [5.41, 5.74) is 4.86. The predicted molar refractivity (Wildman–Crippen MR) is 45.2 cm³/mol. The van der Waals surface area contributed by atoms with E-state index in [-0.39, 0.29) is 15.8 Å². The number of anilines is 1. The third-order valence-electron chi connectivity index (χ3n) is 1.23. The highest BCUT2D eigenvalue weighted by molar-refractivity contribution is 9.10. The smallest absolute Gasteiger partial charge is 0.288 e. The summed E-state index contributed by atoms with van der Waals surface area (Å²) in [5.74, 6) is -0.735. The van der Waals surface area contributed by atoms with Gasteiger partial charge in [0.1, 0.15) is 10.3 Å². The molecule has 0 saturated carbocycles. The average molecular weight is 235 g/mol. The fourth-order valence-corrected chi connectivity index (χ4v) is 1.10. The van der Waals surface area contributed by atoms with Crippen LogP contribution in [0.15, 0.2) is 16.6 Å². The molecule has 0 aliphatic heterocycles. The summed E-state index contributed by atoms with van der Waals surface area (Å²) in [7, 11) is 0. The van der Waals surface area contributed by atoms with Crippen molar-refractivity contribution in [2.75, 3.05) is 5.73 Å². The van der Waals surface area contributed by atoms with Crippen molar-refractivity contribution in [1.82, 2.24) is 0 Å². The van der Waals surface area contributed by atoms with Gasteiger partial charge >= 0.3 is 0 Å².